The highest BCUT2D eigenvalue weighted by molar-refractivity contribution is 5.92. The molecule has 0 unspecified atom stereocenters. The van der Waals surface area contributed by atoms with E-state index in [0.717, 1.165) is 0 Å². The molecule has 7 nitrogen and oxygen atoms in total. The number of anilines is 1. The lowest BCUT2D eigenvalue weighted by molar-refractivity contribution is 0.0942. The number of nitrogens with zero attached hydrogens (tertiary/aromatic N) is 2. The maximum Gasteiger partial charge on any atom is 0.270 e. The second-order valence-electron chi connectivity index (χ2n) is 3.62. The summed E-state index contributed by atoms with van der Waals surface area (Å²) >= 11 is 0. The topological polar surface area (TPSA) is 106 Å². The van der Waals surface area contributed by atoms with Gasteiger partial charge in [-0.2, -0.15) is 0 Å². The van der Waals surface area contributed by atoms with Crippen molar-refractivity contribution in [2.45, 2.75) is 13.5 Å². The maximum absolute atomic E-state index is 11.8. The molecule has 0 aliphatic rings. The zero-order valence-corrected chi connectivity index (χ0v) is 9.80. The first-order valence-corrected chi connectivity index (χ1v) is 5.31. The van der Waals surface area contributed by atoms with Gasteiger partial charge >= 0.3 is 0 Å². The van der Waals surface area contributed by atoms with E-state index in [-0.39, 0.29) is 18.1 Å². The monoisotopic (exact) mass is 247 g/mol. The van der Waals surface area contributed by atoms with Crippen LogP contribution in [0, 0.1) is 6.92 Å². The van der Waals surface area contributed by atoms with Gasteiger partial charge in [-0.25, -0.2) is 4.98 Å². The first kappa shape index (κ1) is 12.1. The molecule has 0 spiro atoms. The molecule has 1 amide bonds. The number of hydrogen-bond donors (Lipinski definition) is 3. The minimum Gasteiger partial charge on any atom is -0.444 e. The predicted octanol–water partition coefficient (Wildman–Crippen LogP) is 0.594. The quantitative estimate of drug-likeness (QED) is 0.539. The van der Waals surface area contributed by atoms with Crippen LogP contribution < -0.4 is 16.6 Å². The molecule has 0 radical (unpaired) electrons. The lowest BCUT2D eigenvalue weighted by atomic mass is 10.3. The molecule has 4 N–H and O–H groups in total. The van der Waals surface area contributed by atoms with Gasteiger partial charge in [0.2, 0.25) is 5.89 Å². The number of aromatic nitrogens is 2. The fourth-order valence-electron chi connectivity index (χ4n) is 1.37. The molecule has 2 rings (SSSR count). The van der Waals surface area contributed by atoms with Crippen molar-refractivity contribution in [2.75, 3.05) is 5.43 Å². The lowest BCUT2D eigenvalue weighted by Gasteiger charge is -2.04. The Morgan fingerprint density at radius 3 is 3.00 bits per heavy atom. The molecule has 94 valence electrons. The van der Waals surface area contributed by atoms with Gasteiger partial charge in [-0.3, -0.25) is 15.6 Å². The molecule has 0 fully saturated rings. The third-order valence-electron chi connectivity index (χ3n) is 2.23. The van der Waals surface area contributed by atoms with Gasteiger partial charge < -0.3 is 15.2 Å². The van der Waals surface area contributed by atoms with Gasteiger partial charge in [0.05, 0.1) is 18.4 Å². The van der Waals surface area contributed by atoms with E-state index in [9.17, 15) is 4.79 Å². The Kier molecular flexibility index (Phi) is 3.54. The average Bonchev–Trinajstić information content (AvgIpc) is 2.82. The van der Waals surface area contributed by atoms with Crippen LogP contribution in [0.3, 0.4) is 0 Å². The Labute approximate surface area is 103 Å². The fraction of sp³-hybridized carbons (Fsp3) is 0.182. The molecule has 0 aliphatic carbocycles. The summed E-state index contributed by atoms with van der Waals surface area (Å²) in [6, 6.07) is 3.21. The normalized spacial score (nSPS) is 10.1. The molecule has 7 heteroatoms. The standard InChI is InChI=1S/C11H13N5O2/c1-7-5-14-10(18-7)6-15-11(17)9-4-8(16-12)2-3-13-9/h2-5H,6,12H2,1H3,(H,13,16)(H,15,17). The van der Waals surface area contributed by atoms with Crippen LogP contribution in [-0.4, -0.2) is 15.9 Å². The molecule has 2 heterocycles. The Morgan fingerprint density at radius 2 is 2.33 bits per heavy atom. The molecule has 0 bridgehead atoms. The third kappa shape index (κ3) is 2.83. The number of carbonyl (C=O) groups is 1. The minimum atomic E-state index is -0.317. The number of aryl methyl sites for hydroxylation is 1. The number of hydrazine groups is 1. The van der Waals surface area contributed by atoms with Crippen LogP contribution in [0.25, 0.3) is 0 Å². The number of hydrogen-bond acceptors (Lipinski definition) is 6. The maximum atomic E-state index is 11.8. The highest BCUT2D eigenvalue weighted by atomic mass is 16.4. The summed E-state index contributed by atoms with van der Waals surface area (Å²) < 4.78 is 5.24. The zero-order chi connectivity index (χ0) is 13.0. The molecule has 2 aromatic heterocycles. The van der Waals surface area contributed by atoms with E-state index in [0.29, 0.717) is 17.3 Å². The fourth-order valence-corrected chi connectivity index (χ4v) is 1.37. The van der Waals surface area contributed by atoms with E-state index in [1.54, 1.807) is 25.3 Å². The van der Waals surface area contributed by atoms with Crippen LogP contribution in [0.4, 0.5) is 5.69 Å². The number of amides is 1. The third-order valence-corrected chi connectivity index (χ3v) is 2.23. The van der Waals surface area contributed by atoms with Crippen molar-refractivity contribution in [2.24, 2.45) is 5.84 Å². The number of carbonyl (C=O) groups excluding carboxylic acids is 1. The van der Waals surface area contributed by atoms with E-state index in [1.807, 2.05) is 0 Å². The van der Waals surface area contributed by atoms with Gasteiger partial charge in [0.25, 0.3) is 5.91 Å². The first-order chi connectivity index (χ1) is 8.69. The lowest BCUT2D eigenvalue weighted by Crippen LogP contribution is -2.24. The summed E-state index contributed by atoms with van der Waals surface area (Å²) in [6.07, 6.45) is 3.10. The second kappa shape index (κ2) is 5.28. The number of rotatable bonds is 4. The second-order valence-corrected chi connectivity index (χ2v) is 3.62. The summed E-state index contributed by atoms with van der Waals surface area (Å²) in [7, 11) is 0. The Balaban J connectivity index is 1.99. The van der Waals surface area contributed by atoms with Crippen molar-refractivity contribution in [3.63, 3.8) is 0 Å². The van der Waals surface area contributed by atoms with E-state index in [2.05, 4.69) is 20.7 Å². The summed E-state index contributed by atoms with van der Waals surface area (Å²) in [5, 5.41) is 2.65. The van der Waals surface area contributed by atoms with Crippen molar-refractivity contribution in [1.29, 1.82) is 0 Å². The van der Waals surface area contributed by atoms with Crippen LogP contribution >= 0.6 is 0 Å². The number of nitrogen functional groups attached to an aromatic ring is 1. The molecule has 0 saturated carbocycles. The van der Waals surface area contributed by atoms with Crippen molar-refractivity contribution < 1.29 is 9.21 Å². The van der Waals surface area contributed by atoms with Crippen LogP contribution in [0.5, 0.6) is 0 Å². The highest BCUT2D eigenvalue weighted by Gasteiger charge is 2.09. The molecule has 2 aromatic rings. The molecule has 0 aromatic carbocycles. The summed E-state index contributed by atoms with van der Waals surface area (Å²) in [4.78, 5) is 19.7. The molecule has 18 heavy (non-hydrogen) atoms. The van der Waals surface area contributed by atoms with Crippen LogP contribution in [-0.2, 0) is 6.54 Å². The van der Waals surface area contributed by atoms with Crippen LogP contribution in [0.1, 0.15) is 22.1 Å². The Morgan fingerprint density at radius 1 is 1.50 bits per heavy atom. The van der Waals surface area contributed by atoms with Crippen molar-refractivity contribution in [3.05, 3.63) is 41.9 Å². The number of nitrogens with one attached hydrogen (secondary N) is 2. The number of pyridine rings is 1. The minimum absolute atomic E-state index is 0.217. The van der Waals surface area contributed by atoms with Gasteiger partial charge in [-0.1, -0.05) is 0 Å². The predicted molar refractivity (Wildman–Crippen MR) is 64.5 cm³/mol. The summed E-state index contributed by atoms with van der Waals surface area (Å²) in [6.45, 7) is 2.00. The van der Waals surface area contributed by atoms with Crippen molar-refractivity contribution in [1.82, 2.24) is 15.3 Å². The summed E-state index contributed by atoms with van der Waals surface area (Å²) in [5.74, 6) is 6.09. The zero-order valence-electron chi connectivity index (χ0n) is 9.80. The van der Waals surface area contributed by atoms with E-state index in [4.69, 9.17) is 10.3 Å². The Hall–Kier alpha value is -2.41. The SMILES string of the molecule is Cc1cnc(CNC(=O)c2cc(NN)ccn2)o1. The van der Waals surface area contributed by atoms with Crippen molar-refractivity contribution in [3.8, 4) is 0 Å². The van der Waals surface area contributed by atoms with Crippen molar-refractivity contribution >= 4 is 11.6 Å². The van der Waals surface area contributed by atoms with Crippen LogP contribution in [0.2, 0.25) is 0 Å². The van der Waals surface area contributed by atoms with E-state index < -0.39 is 0 Å². The molecule has 0 atom stereocenters. The van der Waals surface area contributed by atoms with Gasteiger partial charge in [-0.15, -0.1) is 0 Å². The van der Waals surface area contributed by atoms with Gasteiger partial charge in [-0.05, 0) is 19.1 Å². The van der Waals surface area contributed by atoms with Gasteiger partial charge in [0, 0.05) is 6.20 Å². The molecule has 0 aliphatic heterocycles. The van der Waals surface area contributed by atoms with Crippen LogP contribution in [0.15, 0.2) is 28.9 Å². The first-order valence-electron chi connectivity index (χ1n) is 5.31. The van der Waals surface area contributed by atoms with Gasteiger partial charge in [0.1, 0.15) is 11.5 Å². The molecule has 0 saturated heterocycles. The van der Waals surface area contributed by atoms with Gasteiger partial charge in [0.15, 0.2) is 0 Å². The van der Waals surface area contributed by atoms with E-state index >= 15 is 0 Å². The number of oxazole rings is 1. The number of nitrogens with two attached hydrogens (primary N) is 1. The largest absolute Gasteiger partial charge is 0.444 e. The summed E-state index contributed by atoms with van der Waals surface area (Å²) in [5.41, 5.74) is 3.33. The Bertz CT molecular complexity index is 552. The molecular formula is C11H13N5O2. The average molecular weight is 247 g/mol. The molecular weight excluding hydrogens is 234 g/mol. The van der Waals surface area contributed by atoms with E-state index in [1.165, 1.54) is 6.20 Å². The highest BCUT2D eigenvalue weighted by Crippen LogP contribution is 2.06. The smallest absolute Gasteiger partial charge is 0.270 e.